The van der Waals surface area contributed by atoms with Crippen molar-refractivity contribution in [2.75, 3.05) is 13.7 Å². The molecule has 0 amide bonds. The van der Waals surface area contributed by atoms with Crippen molar-refractivity contribution in [3.8, 4) is 0 Å². The number of ether oxygens (including phenoxy) is 3. The van der Waals surface area contributed by atoms with Crippen LogP contribution < -0.4 is 11.5 Å². The molecule has 1 rings (SSSR count). The van der Waals surface area contributed by atoms with E-state index in [0.29, 0.717) is 0 Å². The predicted molar refractivity (Wildman–Crippen MR) is 76.5 cm³/mol. The number of hydrogen-bond donors (Lipinski definition) is 2. The molecule has 0 bridgehead atoms. The molecule has 0 spiro atoms. The third-order valence-electron chi connectivity index (χ3n) is 3.48. The number of esters is 3. The van der Waals surface area contributed by atoms with E-state index in [1.165, 1.54) is 13.5 Å². The van der Waals surface area contributed by atoms with Gasteiger partial charge in [-0.1, -0.05) is 19.3 Å². The van der Waals surface area contributed by atoms with Crippen molar-refractivity contribution in [1.82, 2.24) is 0 Å². The van der Waals surface area contributed by atoms with Crippen LogP contribution >= 0.6 is 0 Å². The summed E-state index contributed by atoms with van der Waals surface area (Å²) in [6, 6.07) is -2.32. The van der Waals surface area contributed by atoms with E-state index in [-0.39, 0.29) is 19.1 Å². The molecule has 0 heterocycles. The summed E-state index contributed by atoms with van der Waals surface area (Å²) < 4.78 is 14.5. The zero-order valence-electron chi connectivity index (χ0n) is 12.8. The van der Waals surface area contributed by atoms with Gasteiger partial charge in [0.25, 0.3) is 0 Å². The van der Waals surface area contributed by atoms with Crippen LogP contribution in [0.25, 0.3) is 0 Å². The molecule has 0 aromatic heterocycles. The van der Waals surface area contributed by atoms with Crippen molar-refractivity contribution >= 4 is 17.9 Å². The van der Waals surface area contributed by atoms with Gasteiger partial charge in [-0.2, -0.15) is 0 Å². The highest BCUT2D eigenvalue weighted by atomic mass is 16.6. The number of rotatable bonds is 7. The average molecular weight is 316 g/mol. The van der Waals surface area contributed by atoms with Crippen LogP contribution in [0.5, 0.6) is 0 Å². The van der Waals surface area contributed by atoms with Crippen molar-refractivity contribution in [3.63, 3.8) is 0 Å². The van der Waals surface area contributed by atoms with E-state index in [0.717, 1.165) is 25.7 Å². The maximum Gasteiger partial charge on any atom is 0.333 e. The number of nitrogens with two attached hydrogens (primary N) is 2. The van der Waals surface area contributed by atoms with E-state index in [1.54, 1.807) is 0 Å². The van der Waals surface area contributed by atoms with Crippen LogP contribution in [-0.4, -0.2) is 49.8 Å². The molecule has 1 aliphatic carbocycles. The fourth-order valence-corrected chi connectivity index (χ4v) is 2.14. The van der Waals surface area contributed by atoms with Gasteiger partial charge < -0.3 is 25.7 Å². The monoisotopic (exact) mass is 316 g/mol. The second kappa shape index (κ2) is 9.50. The van der Waals surface area contributed by atoms with E-state index < -0.39 is 30.0 Å². The van der Waals surface area contributed by atoms with Gasteiger partial charge in [-0.15, -0.1) is 0 Å². The molecular weight excluding hydrogens is 292 g/mol. The highest BCUT2D eigenvalue weighted by Gasteiger charge is 2.26. The number of carbonyl (C=O) groups excluding carboxylic acids is 3. The molecule has 1 aliphatic rings. The Morgan fingerprint density at radius 2 is 1.64 bits per heavy atom. The first-order chi connectivity index (χ1) is 10.4. The van der Waals surface area contributed by atoms with Crippen molar-refractivity contribution in [1.29, 1.82) is 0 Å². The smallest absolute Gasteiger partial charge is 0.333 e. The topological polar surface area (TPSA) is 131 Å². The van der Waals surface area contributed by atoms with Gasteiger partial charge in [0.1, 0.15) is 12.1 Å². The van der Waals surface area contributed by atoms with Crippen LogP contribution in [-0.2, 0) is 28.6 Å². The molecule has 0 aliphatic heterocycles. The first-order valence-electron chi connectivity index (χ1n) is 7.39. The lowest BCUT2D eigenvalue weighted by Gasteiger charge is -2.23. The van der Waals surface area contributed by atoms with Crippen LogP contribution in [0, 0.1) is 0 Å². The molecule has 22 heavy (non-hydrogen) atoms. The summed E-state index contributed by atoms with van der Waals surface area (Å²) in [7, 11) is 1.17. The molecule has 8 nitrogen and oxygen atoms in total. The number of methoxy groups -OCH3 is 1. The van der Waals surface area contributed by atoms with Gasteiger partial charge >= 0.3 is 17.9 Å². The van der Waals surface area contributed by atoms with Crippen LogP contribution in [0.4, 0.5) is 0 Å². The Bertz CT molecular complexity index is 395. The first-order valence-corrected chi connectivity index (χ1v) is 7.39. The largest absolute Gasteiger partial charge is 0.469 e. The second-order valence-electron chi connectivity index (χ2n) is 5.33. The Kier molecular flexibility index (Phi) is 8.00. The van der Waals surface area contributed by atoms with E-state index in [2.05, 4.69) is 9.47 Å². The van der Waals surface area contributed by atoms with E-state index in [4.69, 9.17) is 16.2 Å². The summed E-state index contributed by atoms with van der Waals surface area (Å²) in [5.41, 5.74) is 11.1. The fraction of sp³-hybridized carbons (Fsp3) is 0.786. The van der Waals surface area contributed by atoms with Crippen molar-refractivity contribution in [2.45, 2.75) is 56.7 Å². The molecule has 0 saturated heterocycles. The standard InChI is InChI=1S/C14H24N2O6/c1-20-12(17)7-10(15)13(18)22-14(19)11(16)8-21-9-5-3-2-4-6-9/h9-11H,2-8,15-16H2,1H3/t10-,11-/m0/s1. The highest BCUT2D eigenvalue weighted by Crippen LogP contribution is 2.20. The third-order valence-corrected chi connectivity index (χ3v) is 3.48. The average Bonchev–Trinajstić information content (AvgIpc) is 2.53. The molecule has 1 saturated carbocycles. The molecule has 8 heteroatoms. The van der Waals surface area contributed by atoms with E-state index in [1.807, 2.05) is 0 Å². The van der Waals surface area contributed by atoms with Gasteiger partial charge in [-0.05, 0) is 12.8 Å². The zero-order chi connectivity index (χ0) is 16.5. The summed E-state index contributed by atoms with van der Waals surface area (Å²) in [5.74, 6) is -2.59. The molecule has 0 unspecified atom stereocenters. The minimum atomic E-state index is -1.26. The Morgan fingerprint density at radius 3 is 2.23 bits per heavy atom. The summed E-state index contributed by atoms with van der Waals surface area (Å²) in [4.78, 5) is 34.2. The fourth-order valence-electron chi connectivity index (χ4n) is 2.14. The zero-order valence-corrected chi connectivity index (χ0v) is 12.8. The molecule has 4 N–H and O–H groups in total. The van der Waals surface area contributed by atoms with Gasteiger partial charge in [0.05, 0.1) is 26.2 Å². The molecule has 0 radical (unpaired) electrons. The normalized spacial score (nSPS) is 18.3. The van der Waals surface area contributed by atoms with Crippen molar-refractivity contribution in [2.24, 2.45) is 11.5 Å². The lowest BCUT2D eigenvalue weighted by molar-refractivity contribution is -0.164. The highest BCUT2D eigenvalue weighted by molar-refractivity contribution is 5.92. The van der Waals surface area contributed by atoms with Crippen LogP contribution in [0.2, 0.25) is 0 Å². The van der Waals surface area contributed by atoms with Gasteiger partial charge in [0.2, 0.25) is 0 Å². The molecule has 126 valence electrons. The van der Waals surface area contributed by atoms with E-state index >= 15 is 0 Å². The lowest BCUT2D eigenvalue weighted by atomic mass is 9.98. The summed E-state index contributed by atoms with van der Waals surface area (Å²) in [6.07, 6.45) is 5.04. The van der Waals surface area contributed by atoms with E-state index in [9.17, 15) is 14.4 Å². The predicted octanol–water partition coefficient (Wildman–Crippen LogP) is -0.377. The summed E-state index contributed by atoms with van der Waals surface area (Å²) in [6.45, 7) is -0.0109. The summed E-state index contributed by atoms with van der Waals surface area (Å²) in [5, 5.41) is 0. The minimum absolute atomic E-state index is 0.0109. The van der Waals surface area contributed by atoms with Gasteiger partial charge in [-0.25, -0.2) is 9.59 Å². The maximum absolute atomic E-state index is 11.7. The molecule has 1 fully saturated rings. The number of hydrogen-bond acceptors (Lipinski definition) is 8. The van der Waals surface area contributed by atoms with Crippen LogP contribution in [0.1, 0.15) is 38.5 Å². The van der Waals surface area contributed by atoms with Crippen molar-refractivity contribution in [3.05, 3.63) is 0 Å². The number of carbonyl (C=O) groups is 3. The lowest BCUT2D eigenvalue weighted by Crippen LogP contribution is -2.43. The Hall–Kier alpha value is -1.51. The Balaban J connectivity index is 2.30. The molecule has 0 aromatic rings. The second-order valence-corrected chi connectivity index (χ2v) is 5.33. The third kappa shape index (κ3) is 6.50. The molecule has 0 aromatic carbocycles. The SMILES string of the molecule is COC(=O)C[C@H](N)C(=O)OC(=O)[C@@H](N)COC1CCCCC1. The molecular formula is C14H24N2O6. The Morgan fingerprint density at radius 1 is 1.05 bits per heavy atom. The summed E-state index contributed by atoms with van der Waals surface area (Å²) >= 11 is 0. The minimum Gasteiger partial charge on any atom is -0.469 e. The van der Waals surface area contributed by atoms with Gasteiger partial charge in [-0.3, -0.25) is 4.79 Å². The van der Waals surface area contributed by atoms with Gasteiger partial charge in [0.15, 0.2) is 0 Å². The quantitative estimate of drug-likeness (QED) is 0.480. The van der Waals surface area contributed by atoms with Crippen LogP contribution in [0.3, 0.4) is 0 Å². The Labute approximate surface area is 129 Å². The molecule has 2 atom stereocenters. The maximum atomic E-state index is 11.7. The first kappa shape index (κ1) is 18.5. The van der Waals surface area contributed by atoms with Gasteiger partial charge in [0, 0.05) is 0 Å². The van der Waals surface area contributed by atoms with Crippen molar-refractivity contribution < 1.29 is 28.6 Å². The van der Waals surface area contributed by atoms with Crippen LogP contribution in [0.15, 0.2) is 0 Å².